The van der Waals surface area contributed by atoms with Crippen molar-refractivity contribution in [3.05, 3.63) is 43.8 Å². The smallest absolute Gasteiger partial charge is 0.0767 e. The van der Waals surface area contributed by atoms with Crippen LogP contribution in [0.4, 0.5) is 0 Å². The summed E-state index contributed by atoms with van der Waals surface area (Å²) in [4.78, 5) is 4.48. The summed E-state index contributed by atoms with van der Waals surface area (Å²) in [6, 6.07) is 7.29. The molecule has 84 valence electrons. The third kappa shape index (κ3) is 1.73. The number of fused-ring (bicyclic) bond motifs is 1. The Morgan fingerprint density at radius 2 is 2.31 bits per heavy atom. The van der Waals surface area contributed by atoms with Gasteiger partial charge in [-0.15, -0.1) is 22.7 Å². The Bertz CT molecular complexity index is 484. The molecule has 1 atom stereocenters. The lowest BCUT2D eigenvalue weighted by Gasteiger charge is -2.22. The van der Waals surface area contributed by atoms with Gasteiger partial charge in [-0.25, -0.2) is 0 Å². The molecule has 16 heavy (non-hydrogen) atoms. The van der Waals surface area contributed by atoms with Gasteiger partial charge in [0.1, 0.15) is 0 Å². The minimum absolute atomic E-state index is 0.453. The molecule has 0 radical (unpaired) electrons. The summed E-state index contributed by atoms with van der Waals surface area (Å²) in [6.45, 7) is 3.33. The van der Waals surface area contributed by atoms with Gasteiger partial charge in [0, 0.05) is 21.2 Å². The zero-order chi connectivity index (χ0) is 11.0. The van der Waals surface area contributed by atoms with Crippen LogP contribution in [-0.4, -0.2) is 6.54 Å². The molecule has 0 saturated heterocycles. The quantitative estimate of drug-likeness (QED) is 0.857. The average Bonchev–Trinajstić information content (AvgIpc) is 2.97. The van der Waals surface area contributed by atoms with E-state index in [0.717, 1.165) is 13.0 Å². The first-order valence-corrected chi connectivity index (χ1v) is 7.46. The first-order chi connectivity index (χ1) is 7.88. The topological polar surface area (TPSA) is 12.0 Å². The van der Waals surface area contributed by atoms with Crippen LogP contribution >= 0.6 is 22.7 Å². The summed E-state index contributed by atoms with van der Waals surface area (Å²) in [5.41, 5.74) is 1.54. The fraction of sp³-hybridized carbons (Fsp3) is 0.385. The molecule has 2 aromatic heterocycles. The standard InChI is InChI=1S/C13H15NS2/c1-2-10-3-4-11(16-10)12-13-9(5-7-14-12)6-8-15-13/h3-4,6,8,12,14H,2,5,7H2,1H3. The van der Waals surface area contributed by atoms with Crippen molar-refractivity contribution in [3.8, 4) is 0 Å². The Kier molecular flexibility index (Phi) is 2.84. The van der Waals surface area contributed by atoms with Crippen molar-refractivity contribution in [1.29, 1.82) is 0 Å². The van der Waals surface area contributed by atoms with Crippen LogP contribution in [-0.2, 0) is 12.8 Å². The predicted octanol–water partition coefficient (Wildman–Crippen LogP) is 3.61. The molecule has 1 aliphatic heterocycles. The van der Waals surface area contributed by atoms with Gasteiger partial charge in [-0.3, -0.25) is 0 Å². The molecule has 0 saturated carbocycles. The lowest BCUT2D eigenvalue weighted by Crippen LogP contribution is -2.28. The van der Waals surface area contributed by atoms with Crippen molar-refractivity contribution in [2.45, 2.75) is 25.8 Å². The maximum Gasteiger partial charge on any atom is 0.0767 e. The second-order valence-electron chi connectivity index (χ2n) is 4.10. The third-order valence-corrected chi connectivity index (χ3v) is 5.42. The molecule has 0 aliphatic carbocycles. The van der Waals surface area contributed by atoms with E-state index in [0.29, 0.717) is 6.04 Å². The summed E-state index contributed by atoms with van der Waals surface area (Å²) in [7, 11) is 0. The zero-order valence-electron chi connectivity index (χ0n) is 9.32. The Labute approximate surface area is 104 Å². The Morgan fingerprint density at radius 1 is 1.38 bits per heavy atom. The van der Waals surface area contributed by atoms with Crippen LogP contribution in [0.1, 0.15) is 33.2 Å². The predicted molar refractivity (Wildman–Crippen MR) is 71.6 cm³/mol. The molecule has 0 aromatic carbocycles. The largest absolute Gasteiger partial charge is 0.305 e. The van der Waals surface area contributed by atoms with Crippen LogP contribution in [0, 0.1) is 0 Å². The van der Waals surface area contributed by atoms with E-state index in [1.165, 1.54) is 21.1 Å². The highest BCUT2D eigenvalue weighted by Gasteiger charge is 2.23. The second-order valence-corrected chi connectivity index (χ2v) is 6.25. The van der Waals surface area contributed by atoms with Crippen LogP contribution in [0.3, 0.4) is 0 Å². The number of aryl methyl sites for hydroxylation is 1. The number of hydrogen-bond donors (Lipinski definition) is 1. The van der Waals surface area contributed by atoms with Gasteiger partial charge in [0.25, 0.3) is 0 Å². The van der Waals surface area contributed by atoms with Gasteiger partial charge in [0.05, 0.1) is 6.04 Å². The van der Waals surface area contributed by atoms with Crippen LogP contribution in [0.15, 0.2) is 23.6 Å². The van der Waals surface area contributed by atoms with Gasteiger partial charge < -0.3 is 5.32 Å². The van der Waals surface area contributed by atoms with E-state index in [9.17, 15) is 0 Å². The van der Waals surface area contributed by atoms with E-state index >= 15 is 0 Å². The SMILES string of the molecule is CCc1ccc(C2NCCc3ccsc32)s1. The van der Waals surface area contributed by atoms with E-state index in [1.54, 1.807) is 5.56 Å². The first kappa shape index (κ1) is 10.5. The van der Waals surface area contributed by atoms with E-state index in [-0.39, 0.29) is 0 Å². The lowest BCUT2D eigenvalue weighted by molar-refractivity contribution is 0.585. The highest BCUT2D eigenvalue weighted by atomic mass is 32.1. The van der Waals surface area contributed by atoms with Crippen molar-refractivity contribution >= 4 is 22.7 Å². The van der Waals surface area contributed by atoms with Gasteiger partial charge in [-0.05, 0) is 42.0 Å². The summed E-state index contributed by atoms with van der Waals surface area (Å²) in [5.74, 6) is 0. The van der Waals surface area contributed by atoms with Crippen LogP contribution in [0.25, 0.3) is 0 Å². The molecule has 0 fully saturated rings. The number of hydrogen-bond acceptors (Lipinski definition) is 3. The second kappa shape index (κ2) is 4.32. The van der Waals surface area contributed by atoms with E-state index < -0.39 is 0 Å². The lowest BCUT2D eigenvalue weighted by atomic mass is 10.0. The van der Waals surface area contributed by atoms with Gasteiger partial charge in [-0.2, -0.15) is 0 Å². The van der Waals surface area contributed by atoms with Crippen molar-refractivity contribution < 1.29 is 0 Å². The zero-order valence-corrected chi connectivity index (χ0v) is 11.0. The van der Waals surface area contributed by atoms with Crippen molar-refractivity contribution in [2.24, 2.45) is 0 Å². The fourth-order valence-corrected chi connectivity index (χ4v) is 4.38. The van der Waals surface area contributed by atoms with Crippen LogP contribution in [0.2, 0.25) is 0 Å². The number of thiophene rings is 2. The average molecular weight is 249 g/mol. The number of nitrogens with one attached hydrogen (secondary N) is 1. The molecule has 0 amide bonds. The Hall–Kier alpha value is -0.640. The molecule has 1 N–H and O–H groups in total. The van der Waals surface area contributed by atoms with Crippen molar-refractivity contribution in [3.63, 3.8) is 0 Å². The molecular formula is C13H15NS2. The molecule has 2 aromatic rings. The van der Waals surface area contributed by atoms with Gasteiger partial charge in [-0.1, -0.05) is 6.92 Å². The molecule has 3 rings (SSSR count). The molecule has 1 unspecified atom stereocenters. The molecule has 3 heterocycles. The van der Waals surface area contributed by atoms with Gasteiger partial charge in [0.15, 0.2) is 0 Å². The van der Waals surface area contributed by atoms with Crippen molar-refractivity contribution in [2.75, 3.05) is 6.54 Å². The minimum Gasteiger partial charge on any atom is -0.305 e. The summed E-state index contributed by atoms with van der Waals surface area (Å²) < 4.78 is 0. The maximum absolute atomic E-state index is 3.64. The highest BCUT2D eigenvalue weighted by Crippen LogP contribution is 2.35. The van der Waals surface area contributed by atoms with E-state index in [2.05, 4.69) is 35.8 Å². The molecule has 0 spiro atoms. The third-order valence-electron chi connectivity index (χ3n) is 3.10. The normalized spacial score (nSPS) is 19.7. The molecule has 0 bridgehead atoms. The van der Waals surface area contributed by atoms with Gasteiger partial charge in [0.2, 0.25) is 0 Å². The Balaban J connectivity index is 1.97. The molecule has 1 aliphatic rings. The van der Waals surface area contributed by atoms with Crippen molar-refractivity contribution in [1.82, 2.24) is 5.32 Å². The first-order valence-electron chi connectivity index (χ1n) is 5.76. The van der Waals surface area contributed by atoms with E-state index in [4.69, 9.17) is 0 Å². The highest BCUT2D eigenvalue weighted by molar-refractivity contribution is 7.13. The summed E-state index contributed by atoms with van der Waals surface area (Å²) in [5, 5.41) is 5.86. The fourth-order valence-electron chi connectivity index (χ4n) is 2.22. The maximum atomic E-state index is 3.64. The Morgan fingerprint density at radius 3 is 3.12 bits per heavy atom. The van der Waals surface area contributed by atoms with Crippen LogP contribution in [0.5, 0.6) is 0 Å². The van der Waals surface area contributed by atoms with E-state index in [1.807, 2.05) is 22.7 Å². The molecule has 3 heteroatoms. The van der Waals surface area contributed by atoms with Gasteiger partial charge >= 0.3 is 0 Å². The minimum atomic E-state index is 0.453. The van der Waals surface area contributed by atoms with Crippen LogP contribution < -0.4 is 5.32 Å². The monoisotopic (exact) mass is 249 g/mol. The summed E-state index contributed by atoms with van der Waals surface area (Å²) in [6.07, 6.45) is 2.33. The molecular weight excluding hydrogens is 234 g/mol. The molecule has 1 nitrogen and oxygen atoms in total. The number of rotatable bonds is 2. The summed E-state index contributed by atoms with van der Waals surface area (Å²) >= 11 is 3.84.